The normalized spacial score (nSPS) is 17.8. The van der Waals surface area contributed by atoms with Crippen LogP contribution in [0.2, 0.25) is 0 Å². The summed E-state index contributed by atoms with van der Waals surface area (Å²) in [6.45, 7) is 1.85. The molecule has 1 heterocycles. The van der Waals surface area contributed by atoms with Crippen LogP contribution in [0.4, 0.5) is 0 Å². The summed E-state index contributed by atoms with van der Waals surface area (Å²) in [7, 11) is 1.66. The number of ether oxygens (including phenoxy) is 2. The molecule has 0 radical (unpaired) electrons. The molecule has 0 aliphatic carbocycles. The van der Waals surface area contributed by atoms with Crippen molar-refractivity contribution in [2.45, 2.75) is 12.5 Å². The molecule has 0 N–H and O–H groups in total. The first-order chi connectivity index (χ1) is 11.3. The summed E-state index contributed by atoms with van der Waals surface area (Å²) in [4.78, 5) is 14.4. The van der Waals surface area contributed by atoms with Gasteiger partial charge in [-0.25, -0.2) is 0 Å². The van der Waals surface area contributed by atoms with Crippen molar-refractivity contribution in [1.29, 1.82) is 0 Å². The largest absolute Gasteiger partial charge is 0.497 e. The van der Waals surface area contributed by atoms with Gasteiger partial charge in [0, 0.05) is 25.1 Å². The van der Waals surface area contributed by atoms with E-state index in [9.17, 15) is 4.79 Å². The fraction of sp³-hybridized carbons (Fsp3) is 0.316. The van der Waals surface area contributed by atoms with Crippen LogP contribution in [0.15, 0.2) is 54.6 Å². The molecule has 1 atom stereocenters. The maximum absolute atomic E-state index is 12.5. The van der Waals surface area contributed by atoms with Crippen molar-refractivity contribution in [3.8, 4) is 5.75 Å². The van der Waals surface area contributed by atoms with Gasteiger partial charge in [-0.3, -0.25) is 4.79 Å². The van der Waals surface area contributed by atoms with E-state index in [1.807, 2.05) is 59.5 Å². The van der Waals surface area contributed by atoms with Gasteiger partial charge in [0.15, 0.2) is 0 Å². The first kappa shape index (κ1) is 15.6. The highest BCUT2D eigenvalue weighted by Gasteiger charge is 2.25. The zero-order valence-corrected chi connectivity index (χ0v) is 13.3. The molecule has 120 valence electrons. The highest BCUT2D eigenvalue weighted by Crippen LogP contribution is 2.17. The second-order valence-electron chi connectivity index (χ2n) is 5.66. The molecule has 23 heavy (non-hydrogen) atoms. The molecule has 0 aromatic heterocycles. The van der Waals surface area contributed by atoms with Gasteiger partial charge >= 0.3 is 0 Å². The molecule has 1 amide bonds. The zero-order valence-electron chi connectivity index (χ0n) is 13.3. The van der Waals surface area contributed by atoms with Crippen molar-refractivity contribution in [2.75, 3.05) is 26.8 Å². The smallest absolute Gasteiger partial charge is 0.254 e. The van der Waals surface area contributed by atoms with E-state index in [-0.39, 0.29) is 12.0 Å². The number of rotatable bonds is 4. The van der Waals surface area contributed by atoms with Gasteiger partial charge < -0.3 is 14.4 Å². The van der Waals surface area contributed by atoms with E-state index >= 15 is 0 Å². The first-order valence-electron chi connectivity index (χ1n) is 7.85. The molecular weight excluding hydrogens is 290 g/mol. The number of nitrogens with zero attached hydrogens (tertiary/aromatic N) is 1. The molecule has 2 aromatic rings. The Morgan fingerprint density at radius 2 is 1.91 bits per heavy atom. The van der Waals surface area contributed by atoms with Crippen LogP contribution in [-0.4, -0.2) is 43.7 Å². The molecule has 3 rings (SSSR count). The number of hydrogen-bond donors (Lipinski definition) is 0. The second-order valence-corrected chi connectivity index (χ2v) is 5.66. The van der Waals surface area contributed by atoms with E-state index < -0.39 is 0 Å². The van der Waals surface area contributed by atoms with Crippen LogP contribution in [0.5, 0.6) is 5.75 Å². The van der Waals surface area contributed by atoms with Crippen LogP contribution in [0, 0.1) is 0 Å². The third kappa shape index (κ3) is 3.90. The van der Waals surface area contributed by atoms with Crippen molar-refractivity contribution < 1.29 is 14.3 Å². The molecule has 0 saturated carbocycles. The maximum Gasteiger partial charge on any atom is 0.254 e. The summed E-state index contributed by atoms with van der Waals surface area (Å²) in [6, 6.07) is 17.4. The Hall–Kier alpha value is -2.33. The van der Waals surface area contributed by atoms with E-state index in [1.54, 1.807) is 7.11 Å². The van der Waals surface area contributed by atoms with Crippen molar-refractivity contribution in [2.24, 2.45) is 0 Å². The number of carbonyl (C=O) groups excluding carboxylic acids is 1. The number of methoxy groups -OCH3 is 1. The monoisotopic (exact) mass is 311 g/mol. The summed E-state index contributed by atoms with van der Waals surface area (Å²) in [5.41, 5.74) is 1.92. The fourth-order valence-corrected chi connectivity index (χ4v) is 2.82. The lowest BCUT2D eigenvalue weighted by molar-refractivity contribution is -0.0208. The first-order valence-corrected chi connectivity index (χ1v) is 7.85. The summed E-state index contributed by atoms with van der Waals surface area (Å²) in [5, 5.41) is 0. The van der Waals surface area contributed by atoms with Crippen LogP contribution >= 0.6 is 0 Å². The predicted molar refractivity (Wildman–Crippen MR) is 88.8 cm³/mol. The highest BCUT2D eigenvalue weighted by molar-refractivity contribution is 5.94. The lowest BCUT2D eigenvalue weighted by atomic mass is 10.1. The molecule has 4 heteroatoms. The van der Waals surface area contributed by atoms with E-state index in [2.05, 4.69) is 0 Å². The van der Waals surface area contributed by atoms with Crippen molar-refractivity contribution in [1.82, 2.24) is 4.90 Å². The molecule has 1 aliphatic heterocycles. The Morgan fingerprint density at radius 1 is 1.17 bits per heavy atom. The molecular formula is C19H21NO3. The molecule has 1 saturated heterocycles. The maximum atomic E-state index is 12.5. The van der Waals surface area contributed by atoms with Crippen LogP contribution in [0.25, 0.3) is 0 Å². The third-order valence-electron chi connectivity index (χ3n) is 4.07. The minimum Gasteiger partial charge on any atom is -0.497 e. The molecule has 2 aromatic carbocycles. The standard InChI is InChI=1S/C19H21NO3/c1-22-17-9-7-15(8-10-17)13-18-14-20(11-12-23-18)19(21)16-5-3-2-4-6-16/h2-10,18H,11-14H2,1H3/t18-/m0/s1. The van der Waals surface area contributed by atoms with E-state index in [4.69, 9.17) is 9.47 Å². The minimum atomic E-state index is 0.0322. The second kappa shape index (κ2) is 7.29. The van der Waals surface area contributed by atoms with Gasteiger partial charge in [0.05, 0.1) is 19.8 Å². The van der Waals surface area contributed by atoms with Crippen molar-refractivity contribution in [3.05, 3.63) is 65.7 Å². The highest BCUT2D eigenvalue weighted by atomic mass is 16.5. The number of hydrogen-bond acceptors (Lipinski definition) is 3. The Balaban J connectivity index is 1.62. The van der Waals surface area contributed by atoms with Gasteiger partial charge in [0.2, 0.25) is 0 Å². The Bertz CT molecular complexity index is 639. The Morgan fingerprint density at radius 3 is 2.61 bits per heavy atom. The molecule has 1 fully saturated rings. The summed E-state index contributed by atoms with van der Waals surface area (Å²) >= 11 is 0. The summed E-state index contributed by atoms with van der Waals surface area (Å²) in [5.74, 6) is 0.924. The predicted octanol–water partition coefficient (Wildman–Crippen LogP) is 2.78. The summed E-state index contributed by atoms with van der Waals surface area (Å²) < 4.78 is 11.0. The average Bonchev–Trinajstić information content (AvgIpc) is 2.63. The third-order valence-corrected chi connectivity index (χ3v) is 4.07. The van der Waals surface area contributed by atoms with Gasteiger partial charge in [-0.15, -0.1) is 0 Å². The molecule has 0 bridgehead atoms. The van der Waals surface area contributed by atoms with Crippen LogP contribution in [0.3, 0.4) is 0 Å². The molecule has 0 unspecified atom stereocenters. The Kier molecular flexibility index (Phi) is 4.93. The van der Waals surface area contributed by atoms with Gasteiger partial charge in [-0.1, -0.05) is 30.3 Å². The van der Waals surface area contributed by atoms with Gasteiger partial charge in [0.1, 0.15) is 5.75 Å². The topological polar surface area (TPSA) is 38.8 Å². The quantitative estimate of drug-likeness (QED) is 0.871. The van der Waals surface area contributed by atoms with Crippen LogP contribution in [0.1, 0.15) is 15.9 Å². The summed E-state index contributed by atoms with van der Waals surface area (Å²) in [6.07, 6.45) is 0.826. The van der Waals surface area contributed by atoms with E-state index in [1.165, 1.54) is 5.56 Å². The van der Waals surface area contributed by atoms with Crippen LogP contribution in [-0.2, 0) is 11.2 Å². The van der Waals surface area contributed by atoms with Crippen molar-refractivity contribution in [3.63, 3.8) is 0 Å². The van der Waals surface area contributed by atoms with Gasteiger partial charge in [-0.05, 0) is 29.8 Å². The lowest BCUT2D eigenvalue weighted by Crippen LogP contribution is -2.46. The van der Waals surface area contributed by atoms with E-state index in [0.29, 0.717) is 19.7 Å². The molecule has 4 nitrogen and oxygen atoms in total. The van der Waals surface area contributed by atoms with Gasteiger partial charge in [0.25, 0.3) is 5.91 Å². The number of morpholine rings is 1. The zero-order chi connectivity index (χ0) is 16.1. The SMILES string of the molecule is COc1ccc(C[C@H]2CN(C(=O)c3ccccc3)CCO2)cc1. The number of benzene rings is 2. The number of carbonyl (C=O) groups is 1. The number of amides is 1. The fourth-order valence-electron chi connectivity index (χ4n) is 2.82. The molecule has 0 spiro atoms. The van der Waals surface area contributed by atoms with Gasteiger partial charge in [-0.2, -0.15) is 0 Å². The average molecular weight is 311 g/mol. The van der Waals surface area contributed by atoms with E-state index in [0.717, 1.165) is 17.7 Å². The Labute approximate surface area is 136 Å². The minimum absolute atomic E-state index is 0.0322. The molecule has 1 aliphatic rings. The van der Waals surface area contributed by atoms with Crippen LogP contribution < -0.4 is 4.74 Å². The lowest BCUT2D eigenvalue weighted by Gasteiger charge is -2.33. The van der Waals surface area contributed by atoms with Crippen molar-refractivity contribution >= 4 is 5.91 Å².